The molecule has 15 heavy (non-hydrogen) atoms. The molecule has 0 aliphatic rings. The smallest absolute Gasteiger partial charge is 0.185 e. The van der Waals surface area contributed by atoms with Gasteiger partial charge in [-0.25, -0.2) is 0 Å². The van der Waals surface area contributed by atoms with Gasteiger partial charge in [0.15, 0.2) is 5.78 Å². The van der Waals surface area contributed by atoms with E-state index in [1.165, 1.54) is 11.3 Å². The summed E-state index contributed by atoms with van der Waals surface area (Å²) < 4.78 is 12.5. The number of thiophene rings is 1. The molecule has 0 aliphatic carbocycles. The number of hydrogen-bond donors (Lipinski definition) is 0. The minimum absolute atomic E-state index is 0.0234. The molecule has 0 aromatic carbocycles. The zero-order valence-electron chi connectivity index (χ0n) is 8.66. The first-order chi connectivity index (χ1) is 6.99. The van der Waals surface area contributed by atoms with Crippen LogP contribution in [0.25, 0.3) is 0 Å². The van der Waals surface area contributed by atoms with E-state index >= 15 is 0 Å². The molecule has 0 bridgehead atoms. The van der Waals surface area contributed by atoms with E-state index in [1.54, 1.807) is 6.07 Å². The zero-order valence-corrected chi connectivity index (χ0v) is 11.9. The molecule has 1 aromatic heterocycles. The van der Waals surface area contributed by atoms with Crippen molar-refractivity contribution in [3.05, 3.63) is 20.8 Å². The Hall–Kier alpha value is -0.0000000000000000833. The predicted molar refractivity (Wildman–Crippen MR) is 69.1 cm³/mol. The number of hydrogen-bond acceptors (Lipinski definition) is 3. The largest absolute Gasteiger partial charge is 0.292 e. The highest BCUT2D eigenvalue weighted by molar-refractivity contribution is 9.11. The van der Waals surface area contributed by atoms with Crippen LogP contribution in [-0.4, -0.2) is 21.5 Å². The third-order valence-corrected chi connectivity index (χ3v) is 4.95. The molecular weight excluding hydrogens is 296 g/mol. The first-order valence-electron chi connectivity index (χ1n) is 4.62. The van der Waals surface area contributed by atoms with E-state index in [2.05, 4.69) is 15.9 Å². The predicted octanol–water partition coefficient (Wildman–Crippen LogP) is 3.10. The lowest BCUT2D eigenvalue weighted by Gasteiger charge is -2.03. The van der Waals surface area contributed by atoms with Gasteiger partial charge in [-0.2, -0.15) is 0 Å². The molecule has 1 unspecified atom stereocenters. The second-order valence-electron chi connectivity index (χ2n) is 3.67. The lowest BCUT2D eigenvalue weighted by atomic mass is 10.3. The van der Waals surface area contributed by atoms with E-state index in [0.29, 0.717) is 16.5 Å². The van der Waals surface area contributed by atoms with Gasteiger partial charge in [-0.3, -0.25) is 9.00 Å². The van der Waals surface area contributed by atoms with Gasteiger partial charge >= 0.3 is 0 Å². The minimum Gasteiger partial charge on any atom is -0.292 e. The topological polar surface area (TPSA) is 34.1 Å². The Balaban J connectivity index is 2.53. The molecule has 0 saturated heterocycles. The summed E-state index contributed by atoms with van der Waals surface area (Å²) in [4.78, 5) is 12.3. The molecule has 84 valence electrons. The van der Waals surface area contributed by atoms with Crippen LogP contribution in [-0.2, 0) is 10.8 Å². The van der Waals surface area contributed by atoms with Crippen molar-refractivity contribution in [1.82, 2.24) is 0 Å². The summed E-state index contributed by atoms with van der Waals surface area (Å²) in [6.07, 6.45) is 0. The van der Waals surface area contributed by atoms with Gasteiger partial charge in [0.25, 0.3) is 0 Å². The van der Waals surface area contributed by atoms with E-state index in [9.17, 15) is 9.00 Å². The fraction of sp³-hybridized carbons (Fsp3) is 0.500. The van der Waals surface area contributed by atoms with E-state index in [4.69, 9.17) is 0 Å². The second-order valence-corrected chi connectivity index (χ2v) is 7.64. The van der Waals surface area contributed by atoms with Crippen LogP contribution < -0.4 is 0 Å². The van der Waals surface area contributed by atoms with Gasteiger partial charge in [0.2, 0.25) is 0 Å². The van der Waals surface area contributed by atoms with Crippen molar-refractivity contribution in [2.45, 2.75) is 13.8 Å². The average molecular weight is 309 g/mol. The lowest BCUT2D eigenvalue weighted by Crippen LogP contribution is -2.14. The molecule has 5 heteroatoms. The van der Waals surface area contributed by atoms with Crippen molar-refractivity contribution in [2.75, 3.05) is 11.5 Å². The van der Waals surface area contributed by atoms with Gasteiger partial charge < -0.3 is 0 Å². The van der Waals surface area contributed by atoms with Crippen LogP contribution in [0.2, 0.25) is 0 Å². The maximum absolute atomic E-state index is 11.6. The minimum atomic E-state index is -1.03. The van der Waals surface area contributed by atoms with Gasteiger partial charge in [-0.1, -0.05) is 13.8 Å². The van der Waals surface area contributed by atoms with Gasteiger partial charge in [-0.15, -0.1) is 11.3 Å². The van der Waals surface area contributed by atoms with Gasteiger partial charge in [0.05, 0.1) is 14.4 Å². The van der Waals surface area contributed by atoms with Crippen molar-refractivity contribution in [3.63, 3.8) is 0 Å². The Bertz CT molecular complexity index is 371. The highest BCUT2D eigenvalue weighted by Gasteiger charge is 2.13. The van der Waals surface area contributed by atoms with Crippen LogP contribution in [0.1, 0.15) is 23.5 Å². The molecule has 0 amide bonds. The molecule has 1 rings (SSSR count). The van der Waals surface area contributed by atoms with Crippen LogP contribution >= 0.6 is 27.3 Å². The molecular formula is C10H13BrO2S2. The SMILES string of the molecule is CC(C)CS(=O)CC(=O)c1ccc(Br)s1. The summed E-state index contributed by atoms with van der Waals surface area (Å²) in [7, 11) is -1.03. The molecule has 0 saturated carbocycles. The Morgan fingerprint density at radius 2 is 2.20 bits per heavy atom. The third-order valence-electron chi connectivity index (χ3n) is 1.66. The normalized spacial score (nSPS) is 13.1. The van der Waals surface area contributed by atoms with E-state index < -0.39 is 10.8 Å². The molecule has 2 nitrogen and oxygen atoms in total. The highest BCUT2D eigenvalue weighted by Crippen LogP contribution is 2.22. The van der Waals surface area contributed by atoms with Crippen LogP contribution in [0.5, 0.6) is 0 Å². The Kier molecular flexibility index (Phi) is 5.15. The molecule has 1 atom stereocenters. The van der Waals surface area contributed by atoms with Crippen LogP contribution in [0, 0.1) is 5.92 Å². The molecule has 0 fully saturated rings. The lowest BCUT2D eigenvalue weighted by molar-refractivity contribution is 0.102. The molecule has 0 aliphatic heterocycles. The Labute approximate surface area is 105 Å². The first-order valence-corrected chi connectivity index (χ1v) is 7.72. The van der Waals surface area contributed by atoms with Crippen molar-refractivity contribution in [1.29, 1.82) is 0 Å². The summed E-state index contributed by atoms with van der Waals surface area (Å²) >= 11 is 4.69. The van der Waals surface area contributed by atoms with Crippen molar-refractivity contribution in [2.24, 2.45) is 5.92 Å². The first kappa shape index (κ1) is 13.1. The number of halogens is 1. The highest BCUT2D eigenvalue weighted by atomic mass is 79.9. The van der Waals surface area contributed by atoms with Gasteiger partial charge in [0.1, 0.15) is 0 Å². The van der Waals surface area contributed by atoms with Crippen molar-refractivity contribution >= 4 is 43.8 Å². The third kappa shape index (κ3) is 4.57. The van der Waals surface area contributed by atoms with Crippen LogP contribution in [0.15, 0.2) is 15.9 Å². The molecule has 0 N–H and O–H groups in total. The summed E-state index contributed by atoms with van der Waals surface area (Å²) in [5.74, 6) is 1.09. The van der Waals surface area contributed by atoms with E-state index in [0.717, 1.165) is 3.79 Å². The maximum Gasteiger partial charge on any atom is 0.185 e. The summed E-state index contributed by atoms with van der Waals surface area (Å²) in [5, 5.41) is 0. The second kappa shape index (κ2) is 5.92. The number of carbonyl (C=O) groups excluding carboxylic acids is 1. The van der Waals surface area contributed by atoms with Crippen LogP contribution in [0.3, 0.4) is 0 Å². The van der Waals surface area contributed by atoms with Crippen molar-refractivity contribution in [3.8, 4) is 0 Å². The van der Waals surface area contributed by atoms with Crippen molar-refractivity contribution < 1.29 is 9.00 Å². The quantitative estimate of drug-likeness (QED) is 0.783. The molecule has 1 heterocycles. The maximum atomic E-state index is 11.6. The van der Waals surface area contributed by atoms with Gasteiger partial charge in [0, 0.05) is 16.6 Å². The Morgan fingerprint density at radius 1 is 1.53 bits per heavy atom. The van der Waals surface area contributed by atoms with Gasteiger partial charge in [-0.05, 0) is 34.0 Å². The zero-order chi connectivity index (χ0) is 11.4. The number of Topliss-reactive ketones (excluding diaryl/α,β-unsaturated/α-hetero) is 1. The standard InChI is InChI=1S/C10H13BrO2S2/c1-7(2)5-15(13)6-8(12)9-3-4-10(11)14-9/h3-4,7H,5-6H2,1-2H3. The van der Waals surface area contributed by atoms with Crippen LogP contribution in [0.4, 0.5) is 0 Å². The summed E-state index contributed by atoms with van der Waals surface area (Å²) in [6.45, 7) is 4.01. The summed E-state index contributed by atoms with van der Waals surface area (Å²) in [6, 6.07) is 3.60. The van der Waals surface area contributed by atoms with E-state index in [1.807, 2.05) is 19.9 Å². The molecule has 0 spiro atoms. The summed E-state index contributed by atoms with van der Waals surface area (Å²) in [5.41, 5.74) is 0. The van der Waals surface area contributed by atoms with E-state index in [-0.39, 0.29) is 11.5 Å². The molecule has 0 radical (unpaired) electrons. The fourth-order valence-electron chi connectivity index (χ4n) is 1.11. The monoisotopic (exact) mass is 308 g/mol. The number of carbonyl (C=O) groups is 1. The molecule has 1 aromatic rings. The average Bonchev–Trinajstić information content (AvgIpc) is 2.49. The number of ketones is 1. The fourth-order valence-corrected chi connectivity index (χ4v) is 3.84. The number of rotatable bonds is 5. The Morgan fingerprint density at radius 3 is 2.67 bits per heavy atom.